The van der Waals surface area contributed by atoms with Gasteiger partial charge in [-0.05, 0) is 62.6 Å². The van der Waals surface area contributed by atoms with Gasteiger partial charge in [-0.2, -0.15) is 5.26 Å². The van der Waals surface area contributed by atoms with Crippen molar-refractivity contribution < 1.29 is 4.74 Å². The summed E-state index contributed by atoms with van der Waals surface area (Å²) in [5, 5.41) is 8.87. The van der Waals surface area contributed by atoms with Gasteiger partial charge in [0.1, 0.15) is 5.75 Å². The van der Waals surface area contributed by atoms with Crippen LogP contribution in [0, 0.1) is 11.3 Å². The molecule has 118 valence electrons. The Kier molecular flexibility index (Phi) is 4.20. The lowest BCUT2D eigenvalue weighted by Crippen LogP contribution is -2.24. The van der Waals surface area contributed by atoms with Gasteiger partial charge in [-0.3, -0.25) is 4.79 Å². The number of rotatable bonds is 5. The quantitative estimate of drug-likeness (QED) is 0.846. The maximum atomic E-state index is 12.6. The van der Waals surface area contributed by atoms with Gasteiger partial charge in [0.2, 0.25) is 0 Å². The summed E-state index contributed by atoms with van der Waals surface area (Å²) < 4.78 is 7.52. The molecule has 0 N–H and O–H groups in total. The largest absolute Gasteiger partial charge is 0.491 e. The number of ether oxygens (including phenoxy) is 1. The molecular formula is C19H20N2O2. The monoisotopic (exact) mass is 308 g/mol. The van der Waals surface area contributed by atoms with Crippen LogP contribution in [0.1, 0.15) is 38.3 Å². The smallest absolute Gasteiger partial charge is 0.255 e. The molecule has 2 aromatic rings. The van der Waals surface area contributed by atoms with Crippen molar-refractivity contribution in [3.8, 4) is 23.1 Å². The summed E-state index contributed by atoms with van der Waals surface area (Å²) >= 11 is 0. The zero-order chi connectivity index (χ0) is 16.4. The summed E-state index contributed by atoms with van der Waals surface area (Å²) in [6, 6.07) is 13.9. The second-order valence-electron chi connectivity index (χ2n) is 6.18. The molecule has 0 atom stereocenters. The van der Waals surface area contributed by atoms with Crippen molar-refractivity contribution in [3.63, 3.8) is 0 Å². The Labute approximate surface area is 135 Å². The Balaban J connectivity index is 2.01. The molecule has 1 aliphatic carbocycles. The van der Waals surface area contributed by atoms with Crippen molar-refractivity contribution in [3.05, 3.63) is 52.3 Å². The summed E-state index contributed by atoms with van der Waals surface area (Å²) in [7, 11) is 0. The molecule has 1 fully saturated rings. The molecule has 1 aliphatic rings. The minimum atomic E-state index is -0.0333. The Bertz CT molecular complexity index is 794. The van der Waals surface area contributed by atoms with E-state index in [1.54, 1.807) is 6.07 Å². The van der Waals surface area contributed by atoms with Crippen molar-refractivity contribution in [2.75, 3.05) is 0 Å². The summed E-state index contributed by atoms with van der Waals surface area (Å²) in [4.78, 5) is 12.6. The maximum absolute atomic E-state index is 12.6. The van der Waals surface area contributed by atoms with E-state index in [-0.39, 0.29) is 24.1 Å². The molecule has 0 saturated heterocycles. The molecule has 0 radical (unpaired) electrons. The highest BCUT2D eigenvalue weighted by Gasteiger charge is 2.27. The Morgan fingerprint density at radius 3 is 2.48 bits per heavy atom. The number of aromatic nitrogens is 1. The van der Waals surface area contributed by atoms with Gasteiger partial charge in [-0.25, -0.2) is 0 Å². The number of hydrogen-bond donors (Lipinski definition) is 0. The van der Waals surface area contributed by atoms with E-state index in [4.69, 9.17) is 10.00 Å². The lowest BCUT2D eigenvalue weighted by Gasteiger charge is -2.15. The molecule has 0 aliphatic heterocycles. The number of nitriles is 1. The standard InChI is InChI=1S/C19H20N2O2/c1-13(2)23-17-8-3-14(4-9-17)18-10-5-15(11-12-20)19(22)21(18)16-6-7-16/h3-5,8-10,13,16H,6-7,11H2,1-2H3. The average molecular weight is 308 g/mol. The molecule has 1 heterocycles. The molecule has 1 aromatic heterocycles. The molecule has 4 heteroatoms. The Morgan fingerprint density at radius 2 is 1.91 bits per heavy atom. The highest BCUT2D eigenvalue weighted by Crippen LogP contribution is 2.37. The molecular weight excluding hydrogens is 288 g/mol. The van der Waals surface area contributed by atoms with Crippen LogP contribution in [0.4, 0.5) is 0 Å². The number of benzene rings is 1. The third-order valence-corrected chi connectivity index (χ3v) is 3.90. The fourth-order valence-corrected chi connectivity index (χ4v) is 2.72. The molecule has 1 saturated carbocycles. The van der Waals surface area contributed by atoms with Gasteiger partial charge in [-0.1, -0.05) is 6.07 Å². The molecule has 3 rings (SSSR count). The van der Waals surface area contributed by atoms with Crippen LogP contribution < -0.4 is 10.3 Å². The summed E-state index contributed by atoms with van der Waals surface area (Å²) in [5.41, 5.74) is 2.45. The second-order valence-corrected chi connectivity index (χ2v) is 6.18. The summed E-state index contributed by atoms with van der Waals surface area (Å²) in [6.45, 7) is 3.99. The first-order chi connectivity index (χ1) is 11.1. The van der Waals surface area contributed by atoms with Gasteiger partial charge in [0, 0.05) is 11.6 Å². The molecule has 0 spiro atoms. The van der Waals surface area contributed by atoms with E-state index < -0.39 is 0 Å². The van der Waals surface area contributed by atoms with E-state index in [2.05, 4.69) is 6.07 Å². The number of pyridine rings is 1. The summed E-state index contributed by atoms with van der Waals surface area (Å²) in [6.07, 6.45) is 2.35. The van der Waals surface area contributed by atoms with Crippen LogP contribution in [0.5, 0.6) is 5.75 Å². The maximum Gasteiger partial charge on any atom is 0.255 e. The average Bonchev–Trinajstić information content (AvgIpc) is 3.34. The first-order valence-electron chi connectivity index (χ1n) is 7.98. The van der Waals surface area contributed by atoms with Crippen LogP contribution >= 0.6 is 0 Å². The lowest BCUT2D eigenvalue weighted by atomic mass is 10.1. The van der Waals surface area contributed by atoms with Crippen LogP contribution in [0.15, 0.2) is 41.2 Å². The third-order valence-electron chi connectivity index (χ3n) is 3.90. The van der Waals surface area contributed by atoms with Crippen LogP contribution in [-0.4, -0.2) is 10.7 Å². The van der Waals surface area contributed by atoms with E-state index in [0.717, 1.165) is 29.8 Å². The summed E-state index contributed by atoms with van der Waals surface area (Å²) in [5.74, 6) is 0.824. The zero-order valence-corrected chi connectivity index (χ0v) is 13.5. The van der Waals surface area contributed by atoms with Crippen LogP contribution in [0.25, 0.3) is 11.3 Å². The van der Waals surface area contributed by atoms with Crippen molar-refractivity contribution in [2.24, 2.45) is 0 Å². The Morgan fingerprint density at radius 1 is 1.22 bits per heavy atom. The van der Waals surface area contributed by atoms with E-state index in [9.17, 15) is 4.79 Å². The molecule has 23 heavy (non-hydrogen) atoms. The molecule has 0 bridgehead atoms. The minimum Gasteiger partial charge on any atom is -0.491 e. The minimum absolute atomic E-state index is 0.0333. The van der Waals surface area contributed by atoms with Crippen LogP contribution in [0.2, 0.25) is 0 Å². The Hall–Kier alpha value is -2.54. The van der Waals surface area contributed by atoms with Gasteiger partial charge in [0.25, 0.3) is 5.56 Å². The van der Waals surface area contributed by atoms with E-state index in [1.807, 2.05) is 48.7 Å². The third kappa shape index (κ3) is 3.29. The van der Waals surface area contributed by atoms with E-state index >= 15 is 0 Å². The topological polar surface area (TPSA) is 55.0 Å². The van der Waals surface area contributed by atoms with E-state index in [1.165, 1.54) is 0 Å². The SMILES string of the molecule is CC(C)Oc1ccc(-c2ccc(CC#N)c(=O)n2C2CC2)cc1. The predicted octanol–water partition coefficient (Wildman–Crippen LogP) is 3.70. The van der Waals surface area contributed by atoms with Crippen molar-refractivity contribution in [1.29, 1.82) is 5.26 Å². The molecule has 4 nitrogen and oxygen atoms in total. The van der Waals surface area contributed by atoms with Crippen molar-refractivity contribution in [2.45, 2.75) is 45.3 Å². The van der Waals surface area contributed by atoms with Crippen molar-refractivity contribution in [1.82, 2.24) is 4.57 Å². The first kappa shape index (κ1) is 15.4. The molecule has 1 aromatic carbocycles. The van der Waals surface area contributed by atoms with Gasteiger partial charge >= 0.3 is 0 Å². The molecule has 0 unspecified atom stereocenters. The fourth-order valence-electron chi connectivity index (χ4n) is 2.72. The van der Waals surface area contributed by atoms with E-state index in [0.29, 0.717) is 5.56 Å². The van der Waals surface area contributed by atoms with Crippen molar-refractivity contribution >= 4 is 0 Å². The molecule has 0 amide bonds. The first-order valence-corrected chi connectivity index (χ1v) is 7.98. The van der Waals surface area contributed by atoms with Crippen LogP contribution in [-0.2, 0) is 6.42 Å². The van der Waals surface area contributed by atoms with Gasteiger partial charge < -0.3 is 9.30 Å². The highest BCUT2D eigenvalue weighted by molar-refractivity contribution is 5.61. The number of hydrogen-bond acceptors (Lipinski definition) is 3. The van der Waals surface area contributed by atoms with Gasteiger partial charge in [-0.15, -0.1) is 0 Å². The fraction of sp³-hybridized carbons (Fsp3) is 0.368. The normalized spacial score (nSPS) is 13.8. The van der Waals surface area contributed by atoms with Gasteiger partial charge in [0.05, 0.1) is 24.3 Å². The zero-order valence-electron chi connectivity index (χ0n) is 13.5. The second kappa shape index (κ2) is 6.29. The number of nitrogens with zero attached hydrogens (tertiary/aromatic N) is 2. The van der Waals surface area contributed by atoms with Gasteiger partial charge in [0.15, 0.2) is 0 Å². The predicted molar refractivity (Wildman–Crippen MR) is 89.5 cm³/mol. The highest BCUT2D eigenvalue weighted by atomic mass is 16.5. The van der Waals surface area contributed by atoms with Crippen LogP contribution in [0.3, 0.4) is 0 Å². The lowest BCUT2D eigenvalue weighted by molar-refractivity contribution is 0.242.